The zero-order valence-corrected chi connectivity index (χ0v) is 25.9. The average molecular weight is 599 g/mol. The Bertz CT molecular complexity index is 1370. The van der Waals surface area contributed by atoms with Crippen LogP contribution in [0.5, 0.6) is 11.5 Å². The predicted octanol–water partition coefficient (Wildman–Crippen LogP) is 7.65. The molecule has 8 nitrogen and oxygen atoms in total. The van der Waals surface area contributed by atoms with Crippen LogP contribution in [0.3, 0.4) is 0 Å². The molecule has 0 spiro atoms. The van der Waals surface area contributed by atoms with Gasteiger partial charge >= 0.3 is 11.9 Å². The van der Waals surface area contributed by atoms with E-state index in [1.54, 1.807) is 0 Å². The molecule has 0 saturated carbocycles. The third-order valence-corrected chi connectivity index (χ3v) is 6.41. The van der Waals surface area contributed by atoms with Crippen molar-refractivity contribution in [1.29, 1.82) is 0 Å². The fourth-order valence-corrected chi connectivity index (χ4v) is 3.98. The summed E-state index contributed by atoms with van der Waals surface area (Å²) >= 11 is 0. The third-order valence-electron chi connectivity index (χ3n) is 6.41. The van der Waals surface area contributed by atoms with Crippen LogP contribution in [0.4, 0.5) is 0 Å². The van der Waals surface area contributed by atoms with Crippen LogP contribution in [-0.4, -0.2) is 49.3 Å². The molecule has 44 heavy (non-hydrogen) atoms. The molecular formula is C36H42N2O6. The molecule has 232 valence electrons. The predicted molar refractivity (Wildman–Crippen MR) is 175 cm³/mol. The molecule has 0 aliphatic rings. The molecule has 2 N–H and O–H groups in total. The highest BCUT2D eigenvalue weighted by atomic mass is 16.5. The molecule has 8 heteroatoms. The van der Waals surface area contributed by atoms with Crippen molar-refractivity contribution in [3.05, 3.63) is 107 Å². The second-order valence-corrected chi connectivity index (χ2v) is 10.1. The number of rotatable bonds is 14. The fourth-order valence-electron chi connectivity index (χ4n) is 3.98. The van der Waals surface area contributed by atoms with Crippen molar-refractivity contribution in [2.45, 2.75) is 39.5 Å². The Morgan fingerprint density at radius 3 is 1.32 bits per heavy atom. The molecule has 0 atom stereocenters. The number of aromatic amines is 2. The first kappa shape index (κ1) is 33.5. The van der Waals surface area contributed by atoms with E-state index in [4.69, 9.17) is 9.47 Å². The molecule has 0 fully saturated rings. The van der Waals surface area contributed by atoms with Crippen molar-refractivity contribution in [2.24, 2.45) is 0 Å². The first-order valence-corrected chi connectivity index (χ1v) is 14.6. The van der Waals surface area contributed by atoms with E-state index >= 15 is 0 Å². The molecule has 4 rings (SSSR count). The van der Waals surface area contributed by atoms with Crippen molar-refractivity contribution in [2.75, 3.05) is 27.4 Å². The Hall–Kier alpha value is -4.98. The maximum Gasteiger partial charge on any atom is 0.305 e. The highest BCUT2D eigenvalue weighted by molar-refractivity contribution is 5.70. The van der Waals surface area contributed by atoms with Crippen LogP contribution in [0.15, 0.2) is 73.1 Å². The van der Waals surface area contributed by atoms with Crippen molar-refractivity contribution in [3.8, 4) is 11.5 Å². The number of hydrogen-bond donors (Lipinski definition) is 2. The molecule has 0 radical (unpaired) electrons. The van der Waals surface area contributed by atoms with E-state index < -0.39 is 0 Å². The number of hydrogen-bond acceptors (Lipinski definition) is 6. The standard InChI is InChI=1S/2C18H21NO3/c2*1-14-12-16(19-13-14)8-5-15-6-9-17(10-7-15)22-11-3-4-18(20)21-2/h2*5-10,12-13,19H,3-4,11H2,1-2H3/b2*8-5+. The number of esters is 2. The van der Waals surface area contributed by atoms with Crippen molar-refractivity contribution < 1.29 is 28.5 Å². The second-order valence-electron chi connectivity index (χ2n) is 10.1. The summed E-state index contributed by atoms with van der Waals surface area (Å²) in [4.78, 5) is 28.3. The van der Waals surface area contributed by atoms with E-state index in [1.165, 1.54) is 25.3 Å². The minimum Gasteiger partial charge on any atom is -0.494 e. The van der Waals surface area contributed by atoms with Gasteiger partial charge in [0, 0.05) is 36.6 Å². The number of H-pyrrole nitrogens is 2. The lowest BCUT2D eigenvalue weighted by atomic mass is 10.2. The summed E-state index contributed by atoms with van der Waals surface area (Å²) in [7, 11) is 2.79. The van der Waals surface area contributed by atoms with E-state index in [0.717, 1.165) is 34.0 Å². The van der Waals surface area contributed by atoms with Crippen LogP contribution in [0.2, 0.25) is 0 Å². The normalized spacial score (nSPS) is 10.8. The van der Waals surface area contributed by atoms with Crippen molar-refractivity contribution in [1.82, 2.24) is 9.97 Å². The number of aryl methyl sites for hydroxylation is 2. The van der Waals surface area contributed by atoms with E-state index in [-0.39, 0.29) is 11.9 Å². The van der Waals surface area contributed by atoms with Gasteiger partial charge in [0.25, 0.3) is 0 Å². The summed E-state index contributed by atoms with van der Waals surface area (Å²) in [6, 6.07) is 19.9. The molecule has 0 aliphatic carbocycles. The van der Waals surface area contributed by atoms with E-state index in [0.29, 0.717) is 38.9 Å². The molecule has 0 bridgehead atoms. The Kier molecular flexibility index (Phi) is 14.1. The van der Waals surface area contributed by atoms with Crippen LogP contribution >= 0.6 is 0 Å². The van der Waals surface area contributed by atoms with Gasteiger partial charge in [-0.25, -0.2) is 0 Å². The van der Waals surface area contributed by atoms with Gasteiger partial charge in [-0.05, 0) is 97.5 Å². The van der Waals surface area contributed by atoms with E-state index in [9.17, 15) is 9.59 Å². The van der Waals surface area contributed by atoms with Gasteiger partial charge in [-0.2, -0.15) is 0 Å². The highest BCUT2D eigenvalue weighted by Gasteiger charge is 2.01. The summed E-state index contributed by atoms with van der Waals surface area (Å²) < 4.78 is 20.3. The maximum absolute atomic E-state index is 11.0. The lowest BCUT2D eigenvalue weighted by Gasteiger charge is -2.05. The molecule has 2 aromatic carbocycles. The number of methoxy groups -OCH3 is 2. The van der Waals surface area contributed by atoms with Crippen LogP contribution in [0.1, 0.15) is 59.3 Å². The zero-order chi connectivity index (χ0) is 31.6. The SMILES string of the molecule is COC(=O)CCCOc1ccc(/C=C/c2cc(C)c[nH]2)cc1.COC(=O)CCCOc1ccc(/C=C/c2cc(C)c[nH]2)cc1. The number of ether oxygens (including phenoxy) is 4. The minimum atomic E-state index is -0.205. The average Bonchev–Trinajstić information content (AvgIpc) is 3.67. The molecule has 0 amide bonds. The molecule has 2 aromatic heterocycles. The van der Waals surface area contributed by atoms with Gasteiger partial charge in [0.2, 0.25) is 0 Å². The Morgan fingerprint density at radius 2 is 1.00 bits per heavy atom. The van der Waals surface area contributed by atoms with Gasteiger partial charge < -0.3 is 28.9 Å². The van der Waals surface area contributed by atoms with Crippen LogP contribution in [0, 0.1) is 13.8 Å². The summed E-state index contributed by atoms with van der Waals surface area (Å²) in [5.74, 6) is 1.20. The van der Waals surface area contributed by atoms with Gasteiger partial charge in [0.1, 0.15) is 11.5 Å². The summed E-state index contributed by atoms with van der Waals surface area (Å²) in [6.07, 6.45) is 14.2. The highest BCUT2D eigenvalue weighted by Crippen LogP contribution is 2.16. The molecule has 0 aliphatic heterocycles. The van der Waals surface area contributed by atoms with Gasteiger partial charge in [-0.15, -0.1) is 0 Å². The Balaban J connectivity index is 0.000000240. The smallest absolute Gasteiger partial charge is 0.305 e. The summed E-state index contributed by atoms with van der Waals surface area (Å²) in [5.41, 5.74) is 6.82. The quantitative estimate of drug-likeness (QED) is 0.114. The van der Waals surface area contributed by atoms with Crippen LogP contribution in [0.25, 0.3) is 24.3 Å². The van der Waals surface area contributed by atoms with Crippen molar-refractivity contribution >= 4 is 36.2 Å². The van der Waals surface area contributed by atoms with Gasteiger partial charge in [-0.1, -0.05) is 36.4 Å². The molecule has 0 saturated heterocycles. The summed E-state index contributed by atoms with van der Waals surface area (Å²) in [6.45, 7) is 5.12. The first-order chi connectivity index (χ1) is 21.3. The maximum atomic E-state index is 11.0. The van der Waals surface area contributed by atoms with Gasteiger partial charge in [0.15, 0.2) is 0 Å². The molecule has 4 aromatic rings. The molecular weight excluding hydrogens is 556 g/mol. The minimum absolute atomic E-state index is 0.205. The van der Waals surface area contributed by atoms with E-state index in [1.807, 2.05) is 85.2 Å². The Morgan fingerprint density at radius 1 is 0.614 bits per heavy atom. The first-order valence-electron chi connectivity index (χ1n) is 14.6. The van der Waals surface area contributed by atoms with Crippen molar-refractivity contribution in [3.63, 3.8) is 0 Å². The number of carbonyl (C=O) groups is 2. The number of carbonyl (C=O) groups excluding carboxylic acids is 2. The number of aromatic nitrogens is 2. The third kappa shape index (κ3) is 12.9. The monoisotopic (exact) mass is 598 g/mol. The Labute approximate surface area is 259 Å². The van der Waals surface area contributed by atoms with Crippen LogP contribution < -0.4 is 9.47 Å². The molecule has 0 unspecified atom stereocenters. The topological polar surface area (TPSA) is 103 Å². The second kappa shape index (κ2) is 18.5. The van der Waals surface area contributed by atoms with E-state index in [2.05, 4.69) is 45.4 Å². The lowest BCUT2D eigenvalue weighted by molar-refractivity contribution is -0.141. The van der Waals surface area contributed by atoms with Gasteiger partial charge in [0.05, 0.1) is 27.4 Å². The lowest BCUT2D eigenvalue weighted by Crippen LogP contribution is -2.04. The number of nitrogens with one attached hydrogen (secondary N) is 2. The fraction of sp³-hybridized carbons (Fsp3) is 0.278. The number of benzene rings is 2. The van der Waals surface area contributed by atoms with Gasteiger partial charge in [-0.3, -0.25) is 9.59 Å². The largest absolute Gasteiger partial charge is 0.494 e. The zero-order valence-electron chi connectivity index (χ0n) is 25.9. The molecule has 2 heterocycles. The van der Waals surface area contributed by atoms with Crippen LogP contribution in [-0.2, 0) is 19.1 Å². The summed E-state index contributed by atoms with van der Waals surface area (Å²) in [5, 5.41) is 0.